The second-order valence-corrected chi connectivity index (χ2v) is 8.54. The molecular formula is C27H31N3O5. The summed E-state index contributed by atoms with van der Waals surface area (Å²) in [5, 5.41) is 2.95. The van der Waals surface area contributed by atoms with E-state index in [-0.39, 0.29) is 11.8 Å². The van der Waals surface area contributed by atoms with Gasteiger partial charge in [-0.05, 0) is 67.1 Å². The first-order chi connectivity index (χ1) is 17.1. The Balaban J connectivity index is 1.28. The Hall–Kier alpha value is -3.81. The van der Waals surface area contributed by atoms with Crippen molar-refractivity contribution in [2.45, 2.75) is 38.6 Å². The third-order valence-electron chi connectivity index (χ3n) is 6.17. The second-order valence-electron chi connectivity index (χ2n) is 8.54. The predicted octanol–water partition coefficient (Wildman–Crippen LogP) is 4.23. The number of benzene rings is 2. The van der Waals surface area contributed by atoms with Crippen molar-refractivity contribution in [3.8, 4) is 23.0 Å². The fraction of sp³-hybridized carbons (Fsp3) is 0.370. The van der Waals surface area contributed by atoms with Crippen molar-refractivity contribution in [1.82, 2.24) is 15.2 Å². The summed E-state index contributed by atoms with van der Waals surface area (Å²) in [5.74, 6) is 1.75. The van der Waals surface area contributed by atoms with Gasteiger partial charge in [-0.1, -0.05) is 12.1 Å². The van der Waals surface area contributed by atoms with E-state index < -0.39 is 0 Å². The molecular weight excluding hydrogens is 446 g/mol. The molecule has 2 aromatic carbocycles. The highest BCUT2D eigenvalue weighted by Gasteiger charge is 2.21. The summed E-state index contributed by atoms with van der Waals surface area (Å²) in [6.07, 6.45) is 5.54. The topological polar surface area (TPSA) is 93.9 Å². The molecule has 184 valence electrons. The average Bonchev–Trinajstić information content (AvgIpc) is 3.41. The monoisotopic (exact) mass is 477 g/mol. The molecule has 1 aliphatic heterocycles. The summed E-state index contributed by atoms with van der Waals surface area (Å²) in [6, 6.07) is 13.1. The maximum atomic E-state index is 12.6. The van der Waals surface area contributed by atoms with E-state index in [0.29, 0.717) is 31.0 Å². The van der Waals surface area contributed by atoms with Gasteiger partial charge in [-0.3, -0.25) is 9.59 Å². The molecule has 0 spiro atoms. The lowest BCUT2D eigenvalue weighted by Gasteiger charge is -2.25. The molecule has 4 rings (SSSR count). The summed E-state index contributed by atoms with van der Waals surface area (Å²) >= 11 is 0. The van der Waals surface area contributed by atoms with Crippen LogP contribution in [0.25, 0.3) is 11.5 Å². The third-order valence-corrected chi connectivity index (χ3v) is 6.17. The Bertz CT molecular complexity index is 1150. The fourth-order valence-electron chi connectivity index (χ4n) is 4.14. The Morgan fingerprint density at radius 1 is 1.03 bits per heavy atom. The number of hydrogen-bond donors (Lipinski definition) is 1. The standard InChI is InChI=1S/C27H31N3O5/c1-33-22-11-12-24(34-2)21(16-22)10-13-25(31)28-17-19-6-8-20(9-7-19)26-29-23(18-35-26)27(32)30-14-4-3-5-15-30/h6-9,11-12,16,18H,3-5,10,13-15,17H2,1-2H3,(H,28,31). The van der Waals surface area contributed by atoms with E-state index in [0.717, 1.165) is 60.5 Å². The maximum absolute atomic E-state index is 12.6. The highest BCUT2D eigenvalue weighted by molar-refractivity contribution is 5.92. The van der Waals surface area contributed by atoms with E-state index in [1.54, 1.807) is 14.2 Å². The Morgan fingerprint density at radius 3 is 2.51 bits per heavy atom. The lowest BCUT2D eigenvalue weighted by molar-refractivity contribution is -0.121. The quantitative estimate of drug-likeness (QED) is 0.496. The number of methoxy groups -OCH3 is 2. The van der Waals surface area contributed by atoms with Crippen LogP contribution in [0.1, 0.15) is 47.3 Å². The smallest absolute Gasteiger partial charge is 0.275 e. The van der Waals surface area contributed by atoms with E-state index in [2.05, 4.69) is 10.3 Å². The fourth-order valence-corrected chi connectivity index (χ4v) is 4.14. The van der Waals surface area contributed by atoms with Crippen molar-refractivity contribution in [2.75, 3.05) is 27.3 Å². The number of likely N-dealkylation sites (tertiary alicyclic amines) is 1. The first kappa shape index (κ1) is 24.3. The minimum atomic E-state index is -0.0781. The molecule has 0 unspecified atom stereocenters. The molecule has 8 heteroatoms. The Labute approximate surface area is 205 Å². The number of oxazole rings is 1. The second kappa shape index (κ2) is 11.6. The Kier molecular flexibility index (Phi) is 8.03. The molecule has 1 aromatic heterocycles. The van der Waals surface area contributed by atoms with Gasteiger partial charge < -0.3 is 24.1 Å². The predicted molar refractivity (Wildman–Crippen MR) is 131 cm³/mol. The summed E-state index contributed by atoms with van der Waals surface area (Å²) < 4.78 is 16.2. The van der Waals surface area contributed by atoms with Gasteiger partial charge in [-0.15, -0.1) is 0 Å². The van der Waals surface area contributed by atoms with Crippen LogP contribution in [0.15, 0.2) is 53.1 Å². The van der Waals surface area contributed by atoms with Crippen molar-refractivity contribution in [3.63, 3.8) is 0 Å². The summed E-state index contributed by atoms with van der Waals surface area (Å²) in [5.41, 5.74) is 3.00. The number of ether oxygens (including phenoxy) is 2. The van der Waals surface area contributed by atoms with Crippen LogP contribution >= 0.6 is 0 Å². The molecule has 0 radical (unpaired) electrons. The summed E-state index contributed by atoms with van der Waals surface area (Å²) in [6.45, 7) is 1.96. The van der Waals surface area contributed by atoms with Crippen molar-refractivity contribution in [1.29, 1.82) is 0 Å². The van der Waals surface area contributed by atoms with Gasteiger partial charge in [0.2, 0.25) is 11.8 Å². The van der Waals surface area contributed by atoms with Gasteiger partial charge in [0, 0.05) is 31.6 Å². The largest absolute Gasteiger partial charge is 0.497 e. The van der Waals surface area contributed by atoms with Crippen molar-refractivity contribution >= 4 is 11.8 Å². The van der Waals surface area contributed by atoms with Gasteiger partial charge in [0.15, 0.2) is 5.69 Å². The first-order valence-electron chi connectivity index (χ1n) is 11.9. The molecule has 0 bridgehead atoms. The van der Waals surface area contributed by atoms with E-state index in [1.807, 2.05) is 47.4 Å². The van der Waals surface area contributed by atoms with Crippen LogP contribution in [-0.4, -0.2) is 49.0 Å². The van der Waals surface area contributed by atoms with Crippen LogP contribution < -0.4 is 14.8 Å². The molecule has 3 aromatic rings. The van der Waals surface area contributed by atoms with Crippen LogP contribution in [0.2, 0.25) is 0 Å². The van der Waals surface area contributed by atoms with Crippen LogP contribution in [-0.2, 0) is 17.8 Å². The summed E-state index contributed by atoms with van der Waals surface area (Å²) in [4.78, 5) is 31.2. The van der Waals surface area contributed by atoms with Crippen LogP contribution in [0, 0.1) is 0 Å². The third kappa shape index (κ3) is 6.20. The molecule has 1 fully saturated rings. The highest BCUT2D eigenvalue weighted by Crippen LogP contribution is 2.25. The molecule has 0 atom stereocenters. The zero-order chi connectivity index (χ0) is 24.6. The van der Waals surface area contributed by atoms with Crippen LogP contribution in [0.3, 0.4) is 0 Å². The number of nitrogens with one attached hydrogen (secondary N) is 1. The molecule has 1 aliphatic rings. The lowest BCUT2D eigenvalue weighted by Crippen LogP contribution is -2.35. The first-order valence-corrected chi connectivity index (χ1v) is 11.9. The number of piperidine rings is 1. The number of aryl methyl sites for hydroxylation is 1. The van der Waals surface area contributed by atoms with E-state index >= 15 is 0 Å². The van der Waals surface area contributed by atoms with E-state index in [9.17, 15) is 9.59 Å². The number of carbonyl (C=O) groups excluding carboxylic acids is 2. The van der Waals surface area contributed by atoms with Crippen LogP contribution in [0.5, 0.6) is 11.5 Å². The van der Waals surface area contributed by atoms with E-state index in [1.165, 1.54) is 6.26 Å². The molecule has 2 amide bonds. The van der Waals surface area contributed by atoms with Gasteiger partial charge in [0.1, 0.15) is 17.8 Å². The molecule has 0 aliphatic carbocycles. The SMILES string of the molecule is COc1ccc(OC)c(CCC(=O)NCc2ccc(-c3nc(C(=O)N4CCCCC4)co3)cc2)c1. The highest BCUT2D eigenvalue weighted by atomic mass is 16.5. The van der Waals surface area contributed by atoms with Crippen molar-refractivity contribution in [2.24, 2.45) is 0 Å². The number of nitrogens with zero attached hydrogens (tertiary/aromatic N) is 2. The van der Waals surface area contributed by atoms with Gasteiger partial charge in [0.25, 0.3) is 5.91 Å². The molecule has 0 saturated carbocycles. The van der Waals surface area contributed by atoms with Crippen molar-refractivity contribution in [3.05, 3.63) is 65.5 Å². The number of rotatable bonds is 9. The minimum Gasteiger partial charge on any atom is -0.497 e. The zero-order valence-corrected chi connectivity index (χ0v) is 20.2. The van der Waals surface area contributed by atoms with Crippen molar-refractivity contribution < 1.29 is 23.5 Å². The summed E-state index contributed by atoms with van der Waals surface area (Å²) in [7, 11) is 3.22. The number of aromatic nitrogens is 1. The number of hydrogen-bond acceptors (Lipinski definition) is 6. The lowest BCUT2D eigenvalue weighted by atomic mass is 10.1. The molecule has 1 saturated heterocycles. The normalized spacial score (nSPS) is 13.4. The molecule has 2 heterocycles. The van der Waals surface area contributed by atoms with Gasteiger partial charge in [-0.2, -0.15) is 0 Å². The molecule has 8 nitrogen and oxygen atoms in total. The maximum Gasteiger partial charge on any atom is 0.275 e. The van der Waals surface area contributed by atoms with Gasteiger partial charge in [-0.25, -0.2) is 4.98 Å². The number of carbonyl (C=O) groups is 2. The van der Waals surface area contributed by atoms with Gasteiger partial charge >= 0.3 is 0 Å². The van der Waals surface area contributed by atoms with Crippen LogP contribution in [0.4, 0.5) is 0 Å². The average molecular weight is 478 g/mol. The zero-order valence-electron chi connectivity index (χ0n) is 20.2. The minimum absolute atomic E-state index is 0.0486. The van der Waals surface area contributed by atoms with E-state index in [4.69, 9.17) is 13.9 Å². The Morgan fingerprint density at radius 2 is 1.80 bits per heavy atom. The number of amides is 2. The van der Waals surface area contributed by atoms with Gasteiger partial charge in [0.05, 0.1) is 14.2 Å². The molecule has 35 heavy (non-hydrogen) atoms. The molecule has 1 N–H and O–H groups in total.